The van der Waals surface area contributed by atoms with Gasteiger partial charge in [0.25, 0.3) is 0 Å². The van der Waals surface area contributed by atoms with E-state index in [9.17, 15) is 9.59 Å². The Morgan fingerprint density at radius 1 is 1.41 bits per heavy atom. The summed E-state index contributed by atoms with van der Waals surface area (Å²) in [6, 6.07) is 0.0156. The summed E-state index contributed by atoms with van der Waals surface area (Å²) in [5, 5.41) is 5.70. The largest absolute Gasteiger partial charge is 0.354 e. The molecule has 5 nitrogen and oxygen atoms in total. The molecule has 1 unspecified atom stereocenters. The van der Waals surface area contributed by atoms with Gasteiger partial charge in [0.2, 0.25) is 11.8 Å². The molecule has 4 N–H and O–H groups in total. The van der Waals surface area contributed by atoms with Crippen molar-refractivity contribution in [2.75, 3.05) is 6.54 Å². The summed E-state index contributed by atoms with van der Waals surface area (Å²) in [7, 11) is 0. The summed E-state index contributed by atoms with van der Waals surface area (Å²) in [4.78, 5) is 23.2. The molecule has 0 aromatic rings. The third-order valence-corrected chi connectivity index (χ3v) is 3.78. The molecule has 98 valence electrons. The van der Waals surface area contributed by atoms with Crippen molar-refractivity contribution in [3.05, 3.63) is 0 Å². The molecule has 0 aromatic carbocycles. The number of nitrogens with one attached hydrogen (secondary N) is 2. The van der Waals surface area contributed by atoms with Crippen LogP contribution < -0.4 is 16.4 Å². The van der Waals surface area contributed by atoms with Crippen LogP contribution in [-0.2, 0) is 9.59 Å². The quantitative estimate of drug-likeness (QED) is 0.657. The van der Waals surface area contributed by atoms with E-state index in [4.69, 9.17) is 5.73 Å². The second-order valence-corrected chi connectivity index (χ2v) is 5.86. The zero-order chi connectivity index (χ0) is 13.3. The van der Waals surface area contributed by atoms with Crippen molar-refractivity contribution in [1.82, 2.24) is 10.6 Å². The van der Waals surface area contributed by atoms with Crippen molar-refractivity contribution in [3.8, 4) is 0 Å². The lowest BCUT2D eigenvalue weighted by atomic mass is 9.74. The fourth-order valence-electron chi connectivity index (χ4n) is 1.51. The Balaban J connectivity index is 2.58. The van der Waals surface area contributed by atoms with Crippen LogP contribution in [0.25, 0.3) is 0 Å². The molecular formula is C12H23N3O2. The van der Waals surface area contributed by atoms with Crippen LogP contribution in [0.15, 0.2) is 0 Å². The van der Waals surface area contributed by atoms with Crippen LogP contribution in [0.2, 0.25) is 0 Å². The predicted octanol–water partition coefficient (Wildman–Crippen LogP) is 0.145. The van der Waals surface area contributed by atoms with Gasteiger partial charge >= 0.3 is 0 Å². The van der Waals surface area contributed by atoms with Crippen molar-refractivity contribution in [2.45, 2.75) is 52.1 Å². The summed E-state index contributed by atoms with van der Waals surface area (Å²) in [5.74, 6) is -0.0138. The van der Waals surface area contributed by atoms with E-state index in [1.807, 2.05) is 27.7 Å². The van der Waals surface area contributed by atoms with Gasteiger partial charge in [0.1, 0.15) is 0 Å². The molecular weight excluding hydrogens is 218 g/mol. The summed E-state index contributed by atoms with van der Waals surface area (Å²) >= 11 is 0. The van der Waals surface area contributed by atoms with Crippen LogP contribution in [0.1, 0.15) is 40.5 Å². The smallest absolute Gasteiger partial charge is 0.227 e. The number of hydrogen-bond donors (Lipinski definition) is 3. The van der Waals surface area contributed by atoms with Crippen LogP contribution in [-0.4, -0.2) is 29.9 Å². The first-order valence-electron chi connectivity index (χ1n) is 6.01. The van der Waals surface area contributed by atoms with E-state index in [-0.39, 0.29) is 17.9 Å². The van der Waals surface area contributed by atoms with Crippen LogP contribution in [0.4, 0.5) is 0 Å². The highest BCUT2D eigenvalue weighted by atomic mass is 16.2. The van der Waals surface area contributed by atoms with E-state index < -0.39 is 11.0 Å². The maximum absolute atomic E-state index is 12.2. The van der Waals surface area contributed by atoms with E-state index in [1.54, 1.807) is 0 Å². The normalized spacial score (nSPS) is 21.9. The van der Waals surface area contributed by atoms with E-state index in [1.165, 1.54) is 0 Å². The predicted molar refractivity (Wildman–Crippen MR) is 66.2 cm³/mol. The average molecular weight is 241 g/mol. The lowest BCUT2D eigenvalue weighted by Crippen LogP contribution is -2.58. The maximum Gasteiger partial charge on any atom is 0.227 e. The summed E-state index contributed by atoms with van der Waals surface area (Å²) < 4.78 is 0. The van der Waals surface area contributed by atoms with Crippen molar-refractivity contribution < 1.29 is 9.59 Å². The minimum absolute atomic E-state index is 0.0156. The Kier molecular flexibility index (Phi) is 3.81. The number of rotatable bonds is 3. The molecule has 0 spiro atoms. The SMILES string of the molecule is CC(C)(N)C(C)(C)C(=O)NC1CCC(=O)NC1. The van der Waals surface area contributed by atoms with E-state index in [0.717, 1.165) is 0 Å². The molecule has 0 bridgehead atoms. The zero-order valence-electron chi connectivity index (χ0n) is 11.1. The fraction of sp³-hybridized carbons (Fsp3) is 0.833. The second kappa shape index (κ2) is 4.64. The molecule has 0 aromatic heterocycles. The average Bonchev–Trinajstić information content (AvgIpc) is 2.19. The Hall–Kier alpha value is -1.10. The van der Waals surface area contributed by atoms with E-state index >= 15 is 0 Å². The molecule has 2 amide bonds. The molecule has 1 aliphatic heterocycles. The van der Waals surface area contributed by atoms with Crippen LogP contribution in [0.5, 0.6) is 0 Å². The lowest BCUT2D eigenvalue weighted by Gasteiger charge is -2.38. The molecule has 1 heterocycles. The highest BCUT2D eigenvalue weighted by Gasteiger charge is 2.41. The van der Waals surface area contributed by atoms with Gasteiger partial charge in [0, 0.05) is 24.5 Å². The Morgan fingerprint density at radius 3 is 2.41 bits per heavy atom. The molecule has 1 fully saturated rings. The van der Waals surface area contributed by atoms with E-state index in [0.29, 0.717) is 19.4 Å². The van der Waals surface area contributed by atoms with Gasteiger partial charge in [0.05, 0.1) is 5.41 Å². The molecule has 1 atom stereocenters. The summed E-state index contributed by atoms with van der Waals surface area (Å²) in [6.07, 6.45) is 1.16. The van der Waals surface area contributed by atoms with Gasteiger partial charge in [-0.05, 0) is 34.1 Å². The molecule has 1 rings (SSSR count). The van der Waals surface area contributed by atoms with Crippen LogP contribution in [0.3, 0.4) is 0 Å². The molecule has 17 heavy (non-hydrogen) atoms. The summed E-state index contributed by atoms with van der Waals surface area (Å²) in [5.41, 5.74) is 4.78. The maximum atomic E-state index is 12.2. The molecule has 0 saturated carbocycles. The number of hydrogen-bond acceptors (Lipinski definition) is 3. The molecule has 5 heteroatoms. The number of piperidine rings is 1. The first-order valence-corrected chi connectivity index (χ1v) is 6.01. The van der Waals surface area contributed by atoms with Gasteiger partial charge in [-0.2, -0.15) is 0 Å². The van der Waals surface area contributed by atoms with Crippen molar-refractivity contribution >= 4 is 11.8 Å². The second-order valence-electron chi connectivity index (χ2n) is 5.86. The number of amides is 2. The lowest BCUT2D eigenvalue weighted by molar-refractivity contribution is -0.134. The standard InChI is InChI=1S/C12H23N3O2/c1-11(2,12(3,4)13)10(17)15-8-5-6-9(16)14-7-8/h8H,5-7,13H2,1-4H3,(H,14,16)(H,15,17). The van der Waals surface area contributed by atoms with Gasteiger partial charge in [-0.25, -0.2) is 0 Å². The topological polar surface area (TPSA) is 84.2 Å². The third kappa shape index (κ3) is 3.19. The number of carbonyl (C=O) groups is 2. The van der Waals surface area contributed by atoms with E-state index in [2.05, 4.69) is 10.6 Å². The Bertz CT molecular complexity index is 308. The van der Waals surface area contributed by atoms with Gasteiger partial charge in [0.15, 0.2) is 0 Å². The summed E-state index contributed by atoms with van der Waals surface area (Å²) in [6.45, 7) is 7.86. The highest BCUT2D eigenvalue weighted by molar-refractivity contribution is 5.84. The Labute approximate surface area is 103 Å². The molecule has 1 saturated heterocycles. The van der Waals surface area contributed by atoms with Gasteiger partial charge in [-0.1, -0.05) is 0 Å². The van der Waals surface area contributed by atoms with Crippen molar-refractivity contribution in [1.29, 1.82) is 0 Å². The van der Waals surface area contributed by atoms with Gasteiger partial charge in [-0.15, -0.1) is 0 Å². The first-order chi connectivity index (χ1) is 7.64. The third-order valence-electron chi connectivity index (χ3n) is 3.78. The minimum Gasteiger partial charge on any atom is -0.354 e. The zero-order valence-corrected chi connectivity index (χ0v) is 11.1. The fourth-order valence-corrected chi connectivity index (χ4v) is 1.51. The number of carbonyl (C=O) groups excluding carboxylic acids is 2. The molecule has 0 aliphatic carbocycles. The first kappa shape index (κ1) is 14.0. The number of nitrogens with two attached hydrogens (primary N) is 1. The van der Waals surface area contributed by atoms with Gasteiger partial charge in [-0.3, -0.25) is 9.59 Å². The van der Waals surface area contributed by atoms with Crippen molar-refractivity contribution in [3.63, 3.8) is 0 Å². The van der Waals surface area contributed by atoms with Crippen LogP contribution in [0, 0.1) is 5.41 Å². The Morgan fingerprint density at radius 2 is 2.00 bits per heavy atom. The molecule has 1 aliphatic rings. The minimum atomic E-state index is -0.644. The van der Waals surface area contributed by atoms with Crippen molar-refractivity contribution in [2.24, 2.45) is 11.1 Å². The van der Waals surface area contributed by atoms with Gasteiger partial charge < -0.3 is 16.4 Å². The highest BCUT2D eigenvalue weighted by Crippen LogP contribution is 2.28. The molecule has 0 radical (unpaired) electrons. The monoisotopic (exact) mass is 241 g/mol. The van der Waals surface area contributed by atoms with Crippen LogP contribution >= 0.6 is 0 Å².